The molecule has 4 nitrogen and oxygen atoms in total. The number of hydrogen-bond acceptors (Lipinski definition) is 4. The predicted octanol–water partition coefficient (Wildman–Crippen LogP) is 4.45. The molecule has 2 rings (SSSR count). The fourth-order valence-electron chi connectivity index (χ4n) is 2.57. The van der Waals surface area contributed by atoms with Crippen molar-refractivity contribution in [2.75, 3.05) is 12.4 Å². The van der Waals surface area contributed by atoms with Gasteiger partial charge in [-0.25, -0.2) is 4.79 Å². The van der Waals surface area contributed by atoms with E-state index in [1.807, 2.05) is 51.1 Å². The average molecular weight is 363 g/mol. The van der Waals surface area contributed by atoms with Crippen LogP contribution in [0.2, 0.25) is 0 Å². The van der Waals surface area contributed by atoms with Gasteiger partial charge in [-0.1, -0.05) is 37.3 Å². The summed E-state index contributed by atoms with van der Waals surface area (Å²) in [6.45, 7) is 6.07. The minimum absolute atomic E-state index is 0.0690. The molecule has 0 aliphatic rings. The van der Waals surface area contributed by atoms with E-state index in [2.05, 4.69) is 10.6 Å². The summed E-state index contributed by atoms with van der Waals surface area (Å²) in [6, 6.07) is 10.1. The lowest BCUT2D eigenvalue weighted by Gasteiger charge is -2.17. The van der Waals surface area contributed by atoms with Gasteiger partial charge in [-0.2, -0.15) is 0 Å². The van der Waals surface area contributed by atoms with Crippen LogP contribution in [0.1, 0.15) is 46.3 Å². The molecule has 2 N–H and O–H groups in total. The summed E-state index contributed by atoms with van der Waals surface area (Å²) in [5.74, 6) is -0.336. The van der Waals surface area contributed by atoms with Gasteiger partial charge < -0.3 is 15.4 Å². The van der Waals surface area contributed by atoms with Crippen molar-refractivity contribution in [3.63, 3.8) is 0 Å². The fraction of sp³-hybridized carbons (Fsp3) is 0.333. The van der Waals surface area contributed by atoms with Gasteiger partial charge in [-0.15, -0.1) is 11.3 Å². The topological polar surface area (TPSA) is 50.4 Å². The highest BCUT2D eigenvalue weighted by atomic mass is 32.1. The Morgan fingerprint density at radius 2 is 2.00 bits per heavy atom. The van der Waals surface area contributed by atoms with Gasteiger partial charge in [0.15, 0.2) is 5.11 Å². The fourth-order valence-corrected chi connectivity index (χ4v) is 4.05. The van der Waals surface area contributed by atoms with E-state index in [4.69, 9.17) is 17.0 Å². The Morgan fingerprint density at radius 1 is 1.33 bits per heavy atom. The molecule has 2 aromatic rings. The molecular weight excluding hydrogens is 340 g/mol. The van der Waals surface area contributed by atoms with Crippen LogP contribution in [0.25, 0.3) is 0 Å². The number of benzene rings is 1. The van der Waals surface area contributed by atoms with Crippen LogP contribution in [0, 0.1) is 6.92 Å². The first-order valence-electron chi connectivity index (χ1n) is 7.80. The molecule has 0 radical (unpaired) electrons. The minimum Gasteiger partial charge on any atom is -0.465 e. The SMILES string of the molecule is CCc1c(C)sc(NC(=S)N[C@@H](C)c2ccccc2)c1C(=O)OC. The summed E-state index contributed by atoms with van der Waals surface area (Å²) in [5.41, 5.74) is 2.73. The number of carbonyl (C=O) groups is 1. The van der Waals surface area contributed by atoms with Crippen molar-refractivity contribution >= 4 is 39.6 Å². The van der Waals surface area contributed by atoms with Gasteiger partial charge in [0, 0.05) is 4.88 Å². The number of methoxy groups -OCH3 is 1. The lowest BCUT2D eigenvalue weighted by molar-refractivity contribution is 0.0601. The van der Waals surface area contributed by atoms with Crippen molar-refractivity contribution in [1.82, 2.24) is 5.32 Å². The Balaban J connectivity index is 2.16. The highest BCUT2D eigenvalue weighted by Gasteiger charge is 2.22. The number of thiophene rings is 1. The maximum absolute atomic E-state index is 12.1. The van der Waals surface area contributed by atoms with E-state index < -0.39 is 0 Å². The molecular formula is C18H22N2O2S2. The van der Waals surface area contributed by atoms with Gasteiger partial charge in [-0.05, 0) is 43.6 Å². The zero-order valence-corrected chi connectivity index (χ0v) is 15.9. The summed E-state index contributed by atoms with van der Waals surface area (Å²) in [6.07, 6.45) is 0.773. The molecule has 0 bridgehead atoms. The van der Waals surface area contributed by atoms with Crippen molar-refractivity contribution in [3.05, 3.63) is 51.9 Å². The molecule has 0 unspecified atom stereocenters. The van der Waals surface area contributed by atoms with E-state index in [-0.39, 0.29) is 12.0 Å². The third kappa shape index (κ3) is 4.13. The van der Waals surface area contributed by atoms with Crippen molar-refractivity contribution in [1.29, 1.82) is 0 Å². The molecule has 0 amide bonds. The van der Waals surface area contributed by atoms with Crippen LogP contribution in [0.3, 0.4) is 0 Å². The number of thiocarbonyl (C=S) groups is 1. The molecule has 128 valence electrons. The van der Waals surface area contributed by atoms with E-state index >= 15 is 0 Å². The third-order valence-corrected chi connectivity index (χ3v) is 5.11. The second-order valence-electron chi connectivity index (χ2n) is 5.42. The van der Waals surface area contributed by atoms with Crippen LogP contribution >= 0.6 is 23.6 Å². The van der Waals surface area contributed by atoms with Crippen LogP contribution in [0.15, 0.2) is 30.3 Å². The van der Waals surface area contributed by atoms with E-state index in [0.29, 0.717) is 10.7 Å². The number of carbonyl (C=O) groups excluding carboxylic acids is 1. The predicted molar refractivity (Wildman–Crippen MR) is 104 cm³/mol. The maximum atomic E-state index is 12.1. The van der Waals surface area contributed by atoms with E-state index in [1.165, 1.54) is 18.4 Å². The smallest absolute Gasteiger partial charge is 0.341 e. The number of aryl methyl sites for hydroxylation is 1. The molecule has 1 atom stereocenters. The first-order chi connectivity index (χ1) is 11.5. The number of anilines is 1. The van der Waals surface area contributed by atoms with Crippen molar-refractivity contribution in [3.8, 4) is 0 Å². The molecule has 24 heavy (non-hydrogen) atoms. The highest BCUT2D eigenvalue weighted by molar-refractivity contribution is 7.80. The van der Waals surface area contributed by atoms with E-state index in [0.717, 1.165) is 27.4 Å². The van der Waals surface area contributed by atoms with Crippen molar-refractivity contribution in [2.24, 2.45) is 0 Å². The number of nitrogens with one attached hydrogen (secondary N) is 2. The molecule has 0 aliphatic carbocycles. The summed E-state index contributed by atoms with van der Waals surface area (Å²) in [4.78, 5) is 13.2. The normalized spacial score (nSPS) is 11.7. The lowest BCUT2D eigenvalue weighted by atomic mass is 10.1. The Labute approximate surface area is 152 Å². The number of ether oxygens (including phenoxy) is 1. The number of hydrogen-bond donors (Lipinski definition) is 2. The summed E-state index contributed by atoms with van der Waals surface area (Å²) < 4.78 is 4.93. The van der Waals surface area contributed by atoms with Crippen LogP contribution in [0.5, 0.6) is 0 Å². The van der Waals surface area contributed by atoms with E-state index in [9.17, 15) is 4.79 Å². The monoisotopic (exact) mass is 362 g/mol. The molecule has 0 spiro atoms. The molecule has 0 saturated heterocycles. The van der Waals surface area contributed by atoms with Gasteiger partial charge in [0.1, 0.15) is 5.00 Å². The largest absolute Gasteiger partial charge is 0.465 e. The van der Waals surface area contributed by atoms with Crippen molar-refractivity contribution in [2.45, 2.75) is 33.2 Å². The first kappa shape index (κ1) is 18.4. The van der Waals surface area contributed by atoms with Crippen LogP contribution in [-0.4, -0.2) is 18.2 Å². The van der Waals surface area contributed by atoms with Crippen molar-refractivity contribution < 1.29 is 9.53 Å². The summed E-state index contributed by atoms with van der Waals surface area (Å²) in [5, 5.41) is 7.63. The summed E-state index contributed by atoms with van der Waals surface area (Å²) >= 11 is 6.94. The van der Waals surface area contributed by atoms with Gasteiger partial charge in [-0.3, -0.25) is 0 Å². The molecule has 1 heterocycles. The third-order valence-electron chi connectivity index (χ3n) is 3.83. The molecule has 0 saturated carbocycles. The van der Waals surface area contributed by atoms with E-state index in [1.54, 1.807) is 0 Å². The zero-order valence-electron chi connectivity index (χ0n) is 14.3. The van der Waals surface area contributed by atoms with Crippen LogP contribution in [-0.2, 0) is 11.2 Å². The minimum atomic E-state index is -0.336. The summed E-state index contributed by atoms with van der Waals surface area (Å²) in [7, 11) is 1.40. The average Bonchev–Trinajstić information content (AvgIpc) is 2.89. The Kier molecular flexibility index (Phi) is 6.34. The maximum Gasteiger partial charge on any atom is 0.341 e. The lowest BCUT2D eigenvalue weighted by Crippen LogP contribution is -2.31. The molecule has 0 fully saturated rings. The second kappa shape index (κ2) is 8.26. The standard InChI is InChI=1S/C18H22N2O2S2/c1-5-14-12(3)24-16(15(14)17(21)22-4)20-18(23)19-11(2)13-9-7-6-8-10-13/h6-11H,5H2,1-4H3,(H2,19,20,23)/t11-/m0/s1. The zero-order chi connectivity index (χ0) is 17.7. The van der Waals surface area contributed by atoms with Gasteiger partial charge in [0.05, 0.1) is 18.7 Å². The van der Waals surface area contributed by atoms with Gasteiger partial charge >= 0.3 is 5.97 Å². The quantitative estimate of drug-likeness (QED) is 0.608. The first-order valence-corrected chi connectivity index (χ1v) is 9.03. The van der Waals surface area contributed by atoms with Crippen LogP contribution in [0.4, 0.5) is 5.00 Å². The van der Waals surface area contributed by atoms with Gasteiger partial charge in [0.25, 0.3) is 0 Å². The number of rotatable bonds is 5. The molecule has 1 aromatic carbocycles. The van der Waals surface area contributed by atoms with Gasteiger partial charge in [0.2, 0.25) is 0 Å². The highest BCUT2D eigenvalue weighted by Crippen LogP contribution is 2.34. The molecule has 6 heteroatoms. The molecule has 0 aliphatic heterocycles. The Bertz CT molecular complexity index is 726. The Hall–Kier alpha value is -1.92. The number of esters is 1. The van der Waals surface area contributed by atoms with Crippen LogP contribution < -0.4 is 10.6 Å². The second-order valence-corrected chi connectivity index (χ2v) is 7.05. The molecule has 1 aromatic heterocycles. The Morgan fingerprint density at radius 3 is 2.58 bits per heavy atom.